The van der Waals surface area contributed by atoms with Crippen LogP contribution in [0, 0.1) is 13.8 Å². The Morgan fingerprint density at radius 1 is 0.897 bits per heavy atom. The zero-order chi connectivity index (χ0) is 20.4. The lowest BCUT2D eigenvalue weighted by Gasteiger charge is -2.11. The Hall–Kier alpha value is -3.66. The van der Waals surface area contributed by atoms with Crippen molar-refractivity contribution in [1.29, 1.82) is 0 Å². The summed E-state index contributed by atoms with van der Waals surface area (Å²) in [5.74, 6) is 0.412. The molecule has 4 aromatic rings. The number of Topliss-reactive ketones (excluding diaryl/α,β-unsaturated/α-hetero) is 1. The van der Waals surface area contributed by atoms with Crippen LogP contribution in [0.5, 0.6) is 5.75 Å². The van der Waals surface area contributed by atoms with Gasteiger partial charge in [0.05, 0.1) is 0 Å². The third-order valence-corrected chi connectivity index (χ3v) is 4.99. The first-order valence-corrected chi connectivity index (χ1v) is 9.38. The largest absolute Gasteiger partial charge is 0.485 e. The molecule has 0 aliphatic heterocycles. The van der Waals surface area contributed by atoms with Gasteiger partial charge in [0.1, 0.15) is 11.3 Å². The molecule has 0 amide bonds. The van der Waals surface area contributed by atoms with E-state index in [1.54, 1.807) is 6.07 Å². The molecule has 0 unspecified atom stereocenters. The molecule has 3 aromatic carbocycles. The van der Waals surface area contributed by atoms with Crippen LogP contribution in [0.4, 0.5) is 0 Å². The first-order chi connectivity index (χ1) is 14.0. The third kappa shape index (κ3) is 3.83. The molecule has 0 saturated heterocycles. The quantitative estimate of drug-likeness (QED) is 0.344. The van der Waals surface area contributed by atoms with E-state index in [2.05, 4.69) is 0 Å². The molecule has 0 bridgehead atoms. The molecule has 0 radical (unpaired) electrons. The van der Waals surface area contributed by atoms with Crippen molar-refractivity contribution < 1.29 is 13.9 Å². The highest BCUT2D eigenvalue weighted by molar-refractivity contribution is 5.97. The standard InChI is InChI=1S/C25H20O4/c1-16-14-24(27)29-25-17(2)23(13-12-21(16)25)28-15-22(26)20-10-8-19(9-11-20)18-6-4-3-5-7-18/h3-14H,15H2,1-2H3. The fraction of sp³-hybridized carbons (Fsp3) is 0.120. The summed E-state index contributed by atoms with van der Waals surface area (Å²) >= 11 is 0. The lowest BCUT2D eigenvalue weighted by atomic mass is 10.0. The van der Waals surface area contributed by atoms with Crippen molar-refractivity contribution in [2.75, 3.05) is 6.61 Å². The summed E-state index contributed by atoms with van der Waals surface area (Å²) in [5, 5.41) is 0.859. The van der Waals surface area contributed by atoms with Crippen molar-refractivity contribution in [3.63, 3.8) is 0 Å². The molecular weight excluding hydrogens is 364 g/mol. The van der Waals surface area contributed by atoms with Crippen molar-refractivity contribution in [3.8, 4) is 16.9 Å². The van der Waals surface area contributed by atoms with Gasteiger partial charge in [-0.05, 0) is 42.7 Å². The Kier molecular flexibility index (Phi) is 5.00. The molecular formula is C25H20O4. The van der Waals surface area contributed by atoms with Gasteiger partial charge in [-0.15, -0.1) is 0 Å². The smallest absolute Gasteiger partial charge is 0.336 e. The Morgan fingerprint density at radius 3 is 2.31 bits per heavy atom. The molecule has 0 aliphatic carbocycles. The van der Waals surface area contributed by atoms with Crippen molar-refractivity contribution >= 4 is 16.8 Å². The molecule has 0 N–H and O–H groups in total. The number of benzene rings is 3. The molecule has 0 atom stereocenters. The average molecular weight is 384 g/mol. The van der Waals surface area contributed by atoms with Gasteiger partial charge in [-0.3, -0.25) is 4.79 Å². The maximum atomic E-state index is 12.6. The van der Waals surface area contributed by atoms with Crippen LogP contribution < -0.4 is 10.4 Å². The number of rotatable bonds is 5. The van der Waals surface area contributed by atoms with Gasteiger partial charge in [-0.25, -0.2) is 4.79 Å². The third-order valence-electron chi connectivity index (χ3n) is 4.99. The van der Waals surface area contributed by atoms with Gasteiger partial charge in [0.25, 0.3) is 0 Å². The number of hydrogen-bond donors (Lipinski definition) is 0. The Labute approximate surface area is 168 Å². The topological polar surface area (TPSA) is 56.5 Å². The number of hydrogen-bond acceptors (Lipinski definition) is 4. The van der Waals surface area contributed by atoms with Crippen LogP contribution in [-0.2, 0) is 0 Å². The van der Waals surface area contributed by atoms with Crippen LogP contribution in [0.2, 0.25) is 0 Å². The van der Waals surface area contributed by atoms with Crippen molar-refractivity contribution in [3.05, 3.63) is 99.9 Å². The van der Waals surface area contributed by atoms with Gasteiger partial charge in [-0.2, -0.15) is 0 Å². The first kappa shape index (κ1) is 18.7. The summed E-state index contributed by atoms with van der Waals surface area (Å²) in [4.78, 5) is 24.2. The molecule has 0 fully saturated rings. The molecule has 1 aromatic heterocycles. The number of fused-ring (bicyclic) bond motifs is 1. The van der Waals surface area contributed by atoms with Crippen LogP contribution >= 0.6 is 0 Å². The number of carbonyl (C=O) groups is 1. The van der Waals surface area contributed by atoms with Gasteiger partial charge in [0.2, 0.25) is 0 Å². The number of aryl methyl sites for hydroxylation is 2. The monoisotopic (exact) mass is 384 g/mol. The second kappa shape index (κ2) is 7.76. The fourth-order valence-electron chi connectivity index (χ4n) is 3.36. The van der Waals surface area contributed by atoms with Crippen LogP contribution in [0.25, 0.3) is 22.1 Å². The number of ketones is 1. The molecule has 1 heterocycles. The van der Waals surface area contributed by atoms with E-state index < -0.39 is 5.63 Å². The van der Waals surface area contributed by atoms with Crippen LogP contribution in [-0.4, -0.2) is 12.4 Å². The molecule has 4 rings (SSSR count). The summed E-state index contributed by atoms with van der Waals surface area (Å²) < 4.78 is 11.1. The normalized spacial score (nSPS) is 10.8. The van der Waals surface area contributed by atoms with Gasteiger partial charge >= 0.3 is 5.63 Å². The lowest BCUT2D eigenvalue weighted by Crippen LogP contribution is -2.12. The zero-order valence-electron chi connectivity index (χ0n) is 16.3. The van der Waals surface area contributed by atoms with Gasteiger partial charge in [0.15, 0.2) is 12.4 Å². The molecule has 0 aliphatic rings. The Balaban J connectivity index is 1.51. The SMILES string of the molecule is Cc1cc(=O)oc2c(C)c(OCC(=O)c3ccc(-c4ccccc4)cc3)ccc12. The van der Waals surface area contributed by atoms with E-state index in [4.69, 9.17) is 9.15 Å². The summed E-state index contributed by atoms with van der Waals surface area (Å²) in [6.45, 7) is 3.59. The summed E-state index contributed by atoms with van der Waals surface area (Å²) in [6.07, 6.45) is 0. The molecule has 4 nitrogen and oxygen atoms in total. The van der Waals surface area contributed by atoms with Crippen molar-refractivity contribution in [2.45, 2.75) is 13.8 Å². The predicted octanol–water partition coefficient (Wildman–Crippen LogP) is 5.34. The van der Waals surface area contributed by atoms with Gasteiger partial charge in [0, 0.05) is 22.6 Å². The summed E-state index contributed by atoms with van der Waals surface area (Å²) in [6, 6.07) is 22.6. The fourth-order valence-corrected chi connectivity index (χ4v) is 3.36. The predicted molar refractivity (Wildman–Crippen MR) is 114 cm³/mol. The van der Waals surface area contributed by atoms with E-state index in [9.17, 15) is 9.59 Å². The maximum absolute atomic E-state index is 12.6. The Morgan fingerprint density at radius 2 is 1.59 bits per heavy atom. The molecule has 0 spiro atoms. The minimum Gasteiger partial charge on any atom is -0.485 e. The van der Waals surface area contributed by atoms with Crippen molar-refractivity contribution in [1.82, 2.24) is 0 Å². The van der Waals surface area contributed by atoms with Crippen LogP contribution in [0.15, 0.2) is 82.0 Å². The molecule has 144 valence electrons. The van der Waals surface area contributed by atoms with Gasteiger partial charge in [-0.1, -0.05) is 54.6 Å². The van der Waals surface area contributed by atoms with E-state index in [-0.39, 0.29) is 12.4 Å². The van der Waals surface area contributed by atoms with E-state index in [1.807, 2.05) is 74.5 Å². The summed E-state index contributed by atoms with van der Waals surface area (Å²) in [7, 11) is 0. The highest BCUT2D eigenvalue weighted by Crippen LogP contribution is 2.28. The van der Waals surface area contributed by atoms with E-state index in [0.29, 0.717) is 22.5 Å². The minimum atomic E-state index is -0.398. The average Bonchev–Trinajstić information content (AvgIpc) is 2.74. The molecule has 0 saturated carbocycles. The van der Waals surface area contributed by atoms with Crippen LogP contribution in [0.1, 0.15) is 21.5 Å². The Bertz CT molecular complexity index is 1240. The van der Waals surface area contributed by atoms with Crippen LogP contribution in [0.3, 0.4) is 0 Å². The second-order valence-electron chi connectivity index (χ2n) is 6.97. The first-order valence-electron chi connectivity index (χ1n) is 9.38. The molecule has 4 heteroatoms. The second-order valence-corrected chi connectivity index (χ2v) is 6.97. The van der Waals surface area contributed by atoms with E-state index in [1.165, 1.54) is 6.07 Å². The highest BCUT2D eigenvalue weighted by Gasteiger charge is 2.12. The number of ether oxygens (including phenoxy) is 1. The van der Waals surface area contributed by atoms with E-state index >= 15 is 0 Å². The molecule has 29 heavy (non-hydrogen) atoms. The van der Waals surface area contributed by atoms with E-state index in [0.717, 1.165) is 22.1 Å². The minimum absolute atomic E-state index is 0.0902. The maximum Gasteiger partial charge on any atom is 0.336 e. The van der Waals surface area contributed by atoms with Gasteiger partial charge < -0.3 is 9.15 Å². The summed E-state index contributed by atoms with van der Waals surface area (Å²) in [5.41, 5.74) is 4.39. The highest BCUT2D eigenvalue weighted by atomic mass is 16.5. The zero-order valence-corrected chi connectivity index (χ0v) is 16.3. The van der Waals surface area contributed by atoms with Crippen molar-refractivity contribution in [2.24, 2.45) is 0 Å². The number of carbonyl (C=O) groups excluding carboxylic acids is 1. The lowest BCUT2D eigenvalue weighted by molar-refractivity contribution is 0.0921.